The first kappa shape index (κ1) is 18.9. The lowest BCUT2D eigenvalue weighted by Crippen LogP contribution is -2.51. The van der Waals surface area contributed by atoms with Crippen LogP contribution in [0.3, 0.4) is 0 Å². The zero-order chi connectivity index (χ0) is 16.4. The summed E-state index contributed by atoms with van der Waals surface area (Å²) in [5.74, 6) is 0.0180. The van der Waals surface area contributed by atoms with Gasteiger partial charge in [-0.3, -0.25) is 0 Å². The number of aliphatic hydroxyl groups is 1. The molecule has 0 radical (unpaired) electrons. The van der Waals surface area contributed by atoms with Gasteiger partial charge in [-0.15, -0.1) is 11.3 Å². The predicted octanol–water partition coefficient (Wildman–Crippen LogP) is 3.50. The van der Waals surface area contributed by atoms with E-state index in [1.165, 1.54) is 6.07 Å². The van der Waals surface area contributed by atoms with Crippen molar-refractivity contribution >= 4 is 33.0 Å². The third-order valence-corrected chi connectivity index (χ3v) is 6.77. The average Bonchev–Trinajstić information content (AvgIpc) is 2.80. The zero-order valence-corrected chi connectivity index (χ0v) is 15.4. The van der Waals surface area contributed by atoms with E-state index in [0.717, 1.165) is 17.8 Å². The van der Waals surface area contributed by atoms with Crippen LogP contribution in [0.15, 0.2) is 16.3 Å². The smallest absolute Gasteiger partial charge is 0.250 e. The van der Waals surface area contributed by atoms with Crippen LogP contribution in [0.1, 0.15) is 41.0 Å². The second-order valence-corrected chi connectivity index (χ2v) is 10.1. The van der Waals surface area contributed by atoms with E-state index in [-0.39, 0.29) is 10.1 Å². The molecular formula is C14H24ClNO3S2. The maximum Gasteiger partial charge on any atom is 0.250 e. The molecule has 0 saturated heterocycles. The summed E-state index contributed by atoms with van der Waals surface area (Å²) in [5.41, 5.74) is -0.413. The summed E-state index contributed by atoms with van der Waals surface area (Å²) < 4.78 is 28.1. The molecule has 4 nitrogen and oxygen atoms in total. The SMILES string of the molecule is CC[C@H](C)C(NS(=O)(=O)c1ccc(Cl)s1)C(O)C(C)(C)C. The van der Waals surface area contributed by atoms with Gasteiger partial charge in [0, 0.05) is 0 Å². The third kappa shape index (κ3) is 4.93. The maximum absolute atomic E-state index is 12.4. The Morgan fingerprint density at radius 1 is 1.38 bits per heavy atom. The quantitative estimate of drug-likeness (QED) is 0.822. The maximum atomic E-state index is 12.4. The molecule has 0 saturated carbocycles. The molecule has 1 aromatic heterocycles. The van der Waals surface area contributed by atoms with Crippen molar-refractivity contribution in [3.63, 3.8) is 0 Å². The first-order chi connectivity index (χ1) is 9.49. The summed E-state index contributed by atoms with van der Waals surface area (Å²) >= 11 is 6.81. The molecule has 7 heteroatoms. The molecule has 0 aliphatic rings. The van der Waals surface area contributed by atoms with Gasteiger partial charge in [0.1, 0.15) is 4.21 Å². The number of hydrogen-bond donors (Lipinski definition) is 2. The second kappa shape index (κ2) is 6.96. The number of aliphatic hydroxyl groups excluding tert-OH is 1. The van der Waals surface area contributed by atoms with Gasteiger partial charge in [-0.2, -0.15) is 0 Å². The standard InChI is InChI=1S/C14H24ClNO3S2/c1-6-9(2)12(13(17)14(3,4)5)16-21(18,19)11-8-7-10(15)20-11/h7-9,12-13,16-17H,6H2,1-5H3/t9-,12?,13?/m0/s1. The number of hydrogen-bond acceptors (Lipinski definition) is 4. The van der Waals surface area contributed by atoms with Crippen molar-refractivity contribution in [2.45, 2.75) is 57.4 Å². The van der Waals surface area contributed by atoms with E-state index >= 15 is 0 Å². The van der Waals surface area contributed by atoms with Crippen LogP contribution in [0, 0.1) is 11.3 Å². The Bertz CT molecular complexity index is 563. The fraction of sp³-hybridized carbons (Fsp3) is 0.714. The molecule has 2 N–H and O–H groups in total. The largest absolute Gasteiger partial charge is 0.391 e. The van der Waals surface area contributed by atoms with Crippen LogP contribution < -0.4 is 4.72 Å². The Hall–Kier alpha value is -0.140. The molecule has 1 rings (SSSR count). The van der Waals surface area contributed by atoms with Gasteiger partial charge in [-0.1, -0.05) is 52.6 Å². The first-order valence-corrected chi connectivity index (χ1v) is 9.62. The summed E-state index contributed by atoms with van der Waals surface area (Å²) in [4.78, 5) is 0. The molecule has 0 amide bonds. The monoisotopic (exact) mass is 353 g/mol. The molecule has 2 unspecified atom stereocenters. The minimum Gasteiger partial charge on any atom is -0.391 e. The van der Waals surface area contributed by atoms with Gasteiger partial charge in [-0.25, -0.2) is 13.1 Å². The number of nitrogens with one attached hydrogen (secondary N) is 1. The minimum atomic E-state index is -3.68. The average molecular weight is 354 g/mol. The molecule has 122 valence electrons. The van der Waals surface area contributed by atoms with Crippen molar-refractivity contribution in [1.82, 2.24) is 4.72 Å². The molecule has 0 aliphatic carbocycles. The van der Waals surface area contributed by atoms with Gasteiger partial charge in [0.05, 0.1) is 16.5 Å². The highest BCUT2D eigenvalue weighted by atomic mass is 35.5. The van der Waals surface area contributed by atoms with E-state index in [9.17, 15) is 13.5 Å². The van der Waals surface area contributed by atoms with E-state index in [1.807, 2.05) is 34.6 Å². The van der Waals surface area contributed by atoms with E-state index < -0.39 is 27.6 Å². The molecular weight excluding hydrogens is 330 g/mol. The number of rotatable bonds is 6. The number of halogens is 1. The fourth-order valence-corrected chi connectivity index (χ4v) is 4.81. The van der Waals surface area contributed by atoms with Gasteiger partial charge in [0.15, 0.2) is 0 Å². The molecule has 0 aliphatic heterocycles. The summed E-state index contributed by atoms with van der Waals surface area (Å²) in [5, 5.41) is 10.5. The molecule has 1 aromatic rings. The van der Waals surface area contributed by atoms with Crippen LogP contribution in [0.5, 0.6) is 0 Å². The second-order valence-electron chi connectivity index (χ2n) is 6.40. The summed E-state index contributed by atoms with van der Waals surface area (Å²) in [6.07, 6.45) is -0.0106. The highest BCUT2D eigenvalue weighted by Crippen LogP contribution is 2.30. The Labute approximate surface area is 136 Å². The van der Waals surface area contributed by atoms with Gasteiger partial charge in [0.2, 0.25) is 10.0 Å². The summed E-state index contributed by atoms with van der Waals surface area (Å²) in [6, 6.07) is 2.49. The molecule has 0 spiro atoms. The van der Waals surface area contributed by atoms with Crippen molar-refractivity contribution in [1.29, 1.82) is 0 Å². The highest BCUT2D eigenvalue weighted by molar-refractivity contribution is 7.91. The van der Waals surface area contributed by atoms with Gasteiger partial charge in [-0.05, 0) is 23.5 Å². The molecule has 1 heterocycles. The van der Waals surface area contributed by atoms with E-state index in [2.05, 4.69) is 4.72 Å². The highest BCUT2D eigenvalue weighted by Gasteiger charge is 2.36. The summed E-state index contributed by atoms with van der Waals surface area (Å²) in [6.45, 7) is 9.59. The number of sulfonamides is 1. The Morgan fingerprint density at radius 2 is 1.95 bits per heavy atom. The van der Waals surface area contributed by atoms with Crippen LogP contribution in [-0.2, 0) is 10.0 Å². The predicted molar refractivity (Wildman–Crippen MR) is 88.4 cm³/mol. The van der Waals surface area contributed by atoms with Crippen molar-refractivity contribution in [2.75, 3.05) is 0 Å². The lowest BCUT2D eigenvalue weighted by Gasteiger charge is -2.36. The third-order valence-electron chi connectivity index (χ3n) is 3.59. The Kier molecular flexibility index (Phi) is 6.27. The minimum absolute atomic E-state index is 0.0180. The van der Waals surface area contributed by atoms with Crippen molar-refractivity contribution in [3.8, 4) is 0 Å². The van der Waals surface area contributed by atoms with Crippen molar-refractivity contribution < 1.29 is 13.5 Å². The van der Waals surface area contributed by atoms with Crippen LogP contribution in [0.2, 0.25) is 4.34 Å². The Morgan fingerprint density at radius 3 is 2.33 bits per heavy atom. The molecule has 0 fully saturated rings. The van der Waals surface area contributed by atoms with E-state index in [4.69, 9.17) is 11.6 Å². The van der Waals surface area contributed by atoms with Gasteiger partial charge < -0.3 is 5.11 Å². The van der Waals surface area contributed by atoms with Crippen LogP contribution in [0.4, 0.5) is 0 Å². The molecule has 3 atom stereocenters. The van der Waals surface area contributed by atoms with Gasteiger partial charge >= 0.3 is 0 Å². The molecule has 0 bridgehead atoms. The van der Waals surface area contributed by atoms with Crippen molar-refractivity contribution in [3.05, 3.63) is 16.5 Å². The van der Waals surface area contributed by atoms with E-state index in [1.54, 1.807) is 6.07 Å². The number of thiophene rings is 1. The van der Waals surface area contributed by atoms with Crippen LogP contribution in [0.25, 0.3) is 0 Å². The van der Waals surface area contributed by atoms with Gasteiger partial charge in [0.25, 0.3) is 0 Å². The zero-order valence-electron chi connectivity index (χ0n) is 13.1. The lowest BCUT2D eigenvalue weighted by atomic mass is 9.80. The van der Waals surface area contributed by atoms with Crippen molar-refractivity contribution in [2.24, 2.45) is 11.3 Å². The lowest BCUT2D eigenvalue weighted by molar-refractivity contribution is 0.0191. The van der Waals surface area contributed by atoms with E-state index in [0.29, 0.717) is 4.34 Å². The van der Waals surface area contributed by atoms with Crippen LogP contribution >= 0.6 is 22.9 Å². The topological polar surface area (TPSA) is 66.4 Å². The molecule has 21 heavy (non-hydrogen) atoms. The van der Waals surface area contributed by atoms with Crippen LogP contribution in [-0.4, -0.2) is 25.7 Å². The Balaban J connectivity index is 3.07. The summed E-state index contributed by atoms with van der Waals surface area (Å²) in [7, 11) is -3.68. The fourth-order valence-electron chi connectivity index (χ4n) is 1.96. The first-order valence-electron chi connectivity index (χ1n) is 6.94. The normalized spacial score (nSPS) is 17.5. The molecule has 0 aromatic carbocycles.